The van der Waals surface area contributed by atoms with Crippen molar-refractivity contribution in [3.63, 3.8) is 0 Å². The van der Waals surface area contributed by atoms with E-state index in [1.54, 1.807) is 11.2 Å². The van der Waals surface area contributed by atoms with Gasteiger partial charge in [0.2, 0.25) is 0 Å². The summed E-state index contributed by atoms with van der Waals surface area (Å²) in [7, 11) is 0. The van der Waals surface area contributed by atoms with Crippen molar-refractivity contribution in [3.8, 4) is 0 Å². The molecular weight excluding hydrogens is 264 g/mol. The summed E-state index contributed by atoms with van der Waals surface area (Å²) < 4.78 is 0. The summed E-state index contributed by atoms with van der Waals surface area (Å²) in [6.45, 7) is 8.61. The van der Waals surface area contributed by atoms with Gasteiger partial charge in [-0.25, -0.2) is 9.97 Å². The van der Waals surface area contributed by atoms with Gasteiger partial charge >= 0.3 is 0 Å². The largest absolute Gasteiger partial charge is 0.367 e. The van der Waals surface area contributed by atoms with E-state index in [0.29, 0.717) is 12.1 Å². The van der Waals surface area contributed by atoms with Crippen LogP contribution < -0.4 is 10.2 Å². The lowest BCUT2D eigenvalue weighted by atomic mass is 10.2. The molecule has 5 heteroatoms. The second kappa shape index (κ2) is 5.16. The predicted octanol–water partition coefficient (Wildman–Crippen LogP) is 2.74. The molecule has 5 nitrogen and oxygen atoms in total. The number of aromatic nitrogens is 2. The van der Waals surface area contributed by atoms with Crippen molar-refractivity contribution >= 4 is 28.3 Å². The van der Waals surface area contributed by atoms with Gasteiger partial charge in [-0.2, -0.15) is 0 Å². The fourth-order valence-corrected chi connectivity index (χ4v) is 2.49. The first-order valence-corrected chi connectivity index (χ1v) is 7.07. The highest BCUT2D eigenvalue weighted by atomic mass is 16.2. The lowest BCUT2D eigenvalue weighted by Crippen LogP contribution is -2.24. The number of anilines is 2. The molecule has 0 saturated carbocycles. The Morgan fingerprint density at radius 3 is 2.81 bits per heavy atom. The molecule has 0 aliphatic carbocycles. The monoisotopic (exact) mass is 282 g/mol. The van der Waals surface area contributed by atoms with E-state index in [1.807, 2.05) is 18.2 Å². The zero-order valence-corrected chi connectivity index (χ0v) is 12.3. The van der Waals surface area contributed by atoms with Crippen LogP contribution in [-0.2, 0) is 4.79 Å². The third-order valence-electron chi connectivity index (χ3n) is 3.54. The Morgan fingerprint density at radius 2 is 2.14 bits per heavy atom. The lowest BCUT2D eigenvalue weighted by Gasteiger charge is -2.17. The van der Waals surface area contributed by atoms with Gasteiger partial charge in [0.1, 0.15) is 12.1 Å². The van der Waals surface area contributed by atoms with E-state index < -0.39 is 0 Å². The van der Waals surface area contributed by atoms with Crippen LogP contribution in [0.4, 0.5) is 11.5 Å². The summed E-state index contributed by atoms with van der Waals surface area (Å²) in [4.78, 5) is 22.4. The first kappa shape index (κ1) is 13.5. The second-order valence-electron chi connectivity index (χ2n) is 5.53. The molecule has 108 valence electrons. The SMILES string of the molecule is C=C1CCN(c2ccc3ncnc(NC(C)C)c3c2)C1=O. The van der Waals surface area contributed by atoms with Gasteiger partial charge in [-0.1, -0.05) is 6.58 Å². The summed E-state index contributed by atoms with van der Waals surface area (Å²) in [5, 5.41) is 4.24. The number of nitrogens with zero attached hydrogens (tertiary/aromatic N) is 3. The van der Waals surface area contributed by atoms with Crippen molar-refractivity contribution < 1.29 is 4.79 Å². The van der Waals surface area contributed by atoms with Crippen LogP contribution in [0.3, 0.4) is 0 Å². The maximum atomic E-state index is 12.1. The Morgan fingerprint density at radius 1 is 1.33 bits per heavy atom. The van der Waals surface area contributed by atoms with E-state index in [2.05, 4.69) is 35.7 Å². The predicted molar refractivity (Wildman–Crippen MR) is 84.4 cm³/mol. The van der Waals surface area contributed by atoms with Crippen LogP contribution in [0, 0.1) is 0 Å². The molecule has 0 bridgehead atoms. The zero-order valence-electron chi connectivity index (χ0n) is 12.3. The Labute approximate surface area is 123 Å². The molecule has 1 N–H and O–H groups in total. The molecular formula is C16H18N4O. The molecule has 0 unspecified atom stereocenters. The van der Waals surface area contributed by atoms with Crippen molar-refractivity contribution in [1.82, 2.24) is 9.97 Å². The van der Waals surface area contributed by atoms with Crippen LogP contribution in [0.5, 0.6) is 0 Å². The summed E-state index contributed by atoms with van der Waals surface area (Å²) >= 11 is 0. The smallest absolute Gasteiger partial charge is 0.253 e. The Bertz CT molecular complexity index is 723. The highest BCUT2D eigenvalue weighted by Crippen LogP contribution is 2.29. The maximum Gasteiger partial charge on any atom is 0.253 e. The number of carbonyl (C=O) groups excluding carboxylic acids is 1. The van der Waals surface area contributed by atoms with Crippen molar-refractivity contribution in [1.29, 1.82) is 0 Å². The van der Waals surface area contributed by atoms with Gasteiger partial charge < -0.3 is 10.2 Å². The van der Waals surface area contributed by atoms with Gasteiger partial charge in [-0.3, -0.25) is 4.79 Å². The number of benzene rings is 1. The van der Waals surface area contributed by atoms with Crippen LogP contribution in [-0.4, -0.2) is 28.5 Å². The summed E-state index contributed by atoms with van der Waals surface area (Å²) in [6, 6.07) is 6.09. The average molecular weight is 282 g/mol. The number of fused-ring (bicyclic) bond motifs is 1. The molecule has 2 heterocycles. The fourth-order valence-electron chi connectivity index (χ4n) is 2.49. The van der Waals surface area contributed by atoms with Crippen molar-refractivity contribution in [3.05, 3.63) is 36.7 Å². The molecule has 21 heavy (non-hydrogen) atoms. The van der Waals surface area contributed by atoms with E-state index in [9.17, 15) is 4.79 Å². The van der Waals surface area contributed by atoms with Crippen LogP contribution in [0.25, 0.3) is 10.9 Å². The molecule has 0 radical (unpaired) electrons. The molecule has 1 aromatic carbocycles. The van der Waals surface area contributed by atoms with Gasteiger partial charge in [-0.05, 0) is 38.5 Å². The fraction of sp³-hybridized carbons (Fsp3) is 0.312. The van der Waals surface area contributed by atoms with Crippen molar-refractivity contribution in [2.24, 2.45) is 0 Å². The molecule has 3 rings (SSSR count). The zero-order chi connectivity index (χ0) is 15.0. The van der Waals surface area contributed by atoms with Gasteiger partial charge in [-0.15, -0.1) is 0 Å². The standard InChI is InChI=1S/C16H18N4O/c1-10(2)19-15-13-8-12(4-5-14(13)17-9-18-15)20-7-6-11(3)16(20)21/h4-5,8-10H,3,6-7H2,1-2H3,(H,17,18,19). The number of rotatable bonds is 3. The van der Waals surface area contributed by atoms with E-state index in [0.717, 1.165) is 28.8 Å². The van der Waals surface area contributed by atoms with E-state index in [4.69, 9.17) is 0 Å². The van der Waals surface area contributed by atoms with Crippen LogP contribution in [0.15, 0.2) is 36.7 Å². The topological polar surface area (TPSA) is 58.1 Å². The minimum Gasteiger partial charge on any atom is -0.367 e. The average Bonchev–Trinajstić information content (AvgIpc) is 2.78. The number of hydrogen-bond donors (Lipinski definition) is 1. The van der Waals surface area contributed by atoms with Crippen molar-refractivity contribution in [2.45, 2.75) is 26.3 Å². The first-order valence-electron chi connectivity index (χ1n) is 7.07. The molecule has 1 aliphatic heterocycles. The van der Waals surface area contributed by atoms with Gasteiger partial charge in [0.05, 0.1) is 5.52 Å². The van der Waals surface area contributed by atoms with Crippen LogP contribution in [0.2, 0.25) is 0 Å². The molecule has 0 spiro atoms. The highest BCUT2D eigenvalue weighted by Gasteiger charge is 2.25. The summed E-state index contributed by atoms with van der Waals surface area (Å²) in [5.41, 5.74) is 2.40. The quantitative estimate of drug-likeness (QED) is 0.879. The molecule has 1 aromatic heterocycles. The normalized spacial score (nSPS) is 15.3. The minimum absolute atomic E-state index is 0.00423. The van der Waals surface area contributed by atoms with Gasteiger partial charge in [0, 0.05) is 29.2 Å². The molecule has 1 saturated heterocycles. The van der Waals surface area contributed by atoms with Gasteiger partial charge in [0.25, 0.3) is 5.91 Å². The number of carbonyl (C=O) groups is 1. The molecule has 1 amide bonds. The summed E-state index contributed by atoms with van der Waals surface area (Å²) in [5.74, 6) is 0.798. The second-order valence-corrected chi connectivity index (χ2v) is 5.53. The van der Waals surface area contributed by atoms with Crippen LogP contribution >= 0.6 is 0 Å². The Kier molecular flexibility index (Phi) is 3.33. The molecule has 2 aromatic rings. The third-order valence-corrected chi connectivity index (χ3v) is 3.54. The van der Waals surface area contributed by atoms with Crippen LogP contribution in [0.1, 0.15) is 20.3 Å². The minimum atomic E-state index is 0.00423. The molecule has 0 atom stereocenters. The van der Waals surface area contributed by atoms with E-state index >= 15 is 0 Å². The van der Waals surface area contributed by atoms with Crippen molar-refractivity contribution in [2.75, 3.05) is 16.8 Å². The Balaban J connectivity index is 2.06. The number of nitrogens with one attached hydrogen (secondary N) is 1. The number of amides is 1. The number of hydrogen-bond acceptors (Lipinski definition) is 4. The Hall–Kier alpha value is -2.43. The van der Waals surface area contributed by atoms with Gasteiger partial charge in [0.15, 0.2) is 0 Å². The molecule has 1 fully saturated rings. The highest BCUT2D eigenvalue weighted by molar-refractivity contribution is 6.08. The van der Waals surface area contributed by atoms with E-state index in [1.165, 1.54) is 0 Å². The maximum absolute atomic E-state index is 12.1. The lowest BCUT2D eigenvalue weighted by molar-refractivity contribution is -0.114. The third kappa shape index (κ3) is 2.46. The first-order chi connectivity index (χ1) is 10.1. The van der Waals surface area contributed by atoms with E-state index in [-0.39, 0.29) is 11.9 Å². The molecule has 1 aliphatic rings. The summed E-state index contributed by atoms with van der Waals surface area (Å²) in [6.07, 6.45) is 2.27.